The van der Waals surface area contributed by atoms with E-state index in [0.29, 0.717) is 0 Å². The van der Waals surface area contributed by atoms with Crippen molar-refractivity contribution in [3.8, 4) is 0 Å². The second kappa shape index (κ2) is 85.9. The molecule has 0 aromatic rings. The zero-order chi connectivity index (χ0) is 14.3. The van der Waals surface area contributed by atoms with E-state index in [1.54, 1.807) is 0 Å². The van der Waals surface area contributed by atoms with Gasteiger partial charge in [-0.25, -0.2) is 0 Å². The SMILES string of the molecule is O.O.O.O.O.O.O=[N+]([O-])[O-].O=[N+]([O-])[O-].O=[N+]([O-])[O-].O=[N+]([O-])[O-].[Co+2].[Cu+2]. The van der Waals surface area contributed by atoms with Crippen LogP contribution in [-0.2, 0) is 33.8 Å². The second-order valence-electron chi connectivity index (χ2n) is 0.894. The summed E-state index contributed by atoms with van der Waals surface area (Å²) in [5, 5.41) is 59.0. The first-order valence-corrected chi connectivity index (χ1v) is 2.19. The van der Waals surface area contributed by atoms with Crippen LogP contribution >= 0.6 is 0 Å². The molecule has 0 aliphatic rings. The standard InChI is InChI=1S/Co.Cu.4NO3.6H2O/c;;4*2-1(3)4;;;;;;/h;;;;;;6*1H2/q2*+2;4*-1;;;;;;. The van der Waals surface area contributed by atoms with Crippen LogP contribution in [0.15, 0.2) is 0 Å². The Hall–Kier alpha value is -2.41. The molecule has 0 saturated carbocycles. The van der Waals surface area contributed by atoms with Gasteiger partial charge in [0.05, 0.1) is 20.3 Å². The fourth-order valence-electron chi connectivity index (χ4n) is 0. The van der Waals surface area contributed by atoms with Crippen molar-refractivity contribution < 1.29 is 87.1 Å². The summed E-state index contributed by atoms with van der Waals surface area (Å²) in [7, 11) is 0. The van der Waals surface area contributed by atoms with Crippen molar-refractivity contribution >= 4 is 0 Å². The van der Waals surface area contributed by atoms with E-state index in [2.05, 4.69) is 0 Å². The van der Waals surface area contributed by atoms with E-state index in [0.717, 1.165) is 0 Å². The molecule has 2 radical (unpaired) electrons. The molecular formula is H12CoCuN4O18. The monoisotopic (exact) mass is 478 g/mol. The fraction of sp³-hybridized carbons (Fsp3) is 0. The summed E-state index contributed by atoms with van der Waals surface area (Å²) in [6.07, 6.45) is 0. The summed E-state index contributed by atoms with van der Waals surface area (Å²) in [6.45, 7) is 0. The van der Waals surface area contributed by atoms with Crippen molar-refractivity contribution in [2.75, 3.05) is 0 Å². The van der Waals surface area contributed by atoms with Crippen LogP contribution in [0.5, 0.6) is 0 Å². The maximum atomic E-state index is 8.25. The Labute approximate surface area is 149 Å². The molecule has 0 rings (SSSR count). The van der Waals surface area contributed by atoms with Gasteiger partial charge in [0.25, 0.3) is 0 Å². The van der Waals surface area contributed by atoms with Crippen LogP contribution in [0, 0.1) is 61.3 Å². The molecule has 160 valence electrons. The summed E-state index contributed by atoms with van der Waals surface area (Å²) < 4.78 is 0. The van der Waals surface area contributed by atoms with Gasteiger partial charge < -0.3 is 94.1 Å². The van der Waals surface area contributed by atoms with Crippen molar-refractivity contribution in [3.63, 3.8) is 0 Å². The number of hydrogen-bond donors (Lipinski definition) is 0. The van der Waals surface area contributed by atoms with Crippen LogP contribution < -0.4 is 0 Å². The van der Waals surface area contributed by atoms with Crippen molar-refractivity contribution in [1.29, 1.82) is 0 Å². The minimum absolute atomic E-state index is 0. The van der Waals surface area contributed by atoms with E-state index >= 15 is 0 Å². The van der Waals surface area contributed by atoms with Gasteiger partial charge in [0.1, 0.15) is 0 Å². The van der Waals surface area contributed by atoms with Crippen LogP contribution in [0.2, 0.25) is 0 Å². The third kappa shape index (κ3) is 1160. The van der Waals surface area contributed by atoms with Crippen molar-refractivity contribution in [2.24, 2.45) is 0 Å². The van der Waals surface area contributed by atoms with Gasteiger partial charge in [-0.3, -0.25) is 0 Å². The molecule has 12 N–H and O–H groups in total. The van der Waals surface area contributed by atoms with Crippen molar-refractivity contribution in [1.82, 2.24) is 0 Å². The zero-order valence-corrected chi connectivity index (χ0v) is 12.3. The van der Waals surface area contributed by atoms with Gasteiger partial charge in [0.15, 0.2) is 0 Å². The Bertz CT molecular complexity index is 167. The average molecular weight is 479 g/mol. The molecule has 0 atom stereocenters. The summed E-state index contributed by atoms with van der Waals surface area (Å²) in [5.74, 6) is 0. The Balaban J connectivity index is -0.00000000720. The molecule has 24 heavy (non-hydrogen) atoms. The largest absolute Gasteiger partial charge is 2.00 e. The van der Waals surface area contributed by atoms with Crippen LogP contribution in [0.25, 0.3) is 0 Å². The quantitative estimate of drug-likeness (QED) is 0.178. The molecular weight excluding hydrogens is 466 g/mol. The fourth-order valence-corrected chi connectivity index (χ4v) is 0. The molecule has 0 aromatic heterocycles. The Kier molecular flexibility index (Phi) is 356. The van der Waals surface area contributed by atoms with E-state index in [9.17, 15) is 0 Å². The van der Waals surface area contributed by atoms with Crippen LogP contribution in [0.1, 0.15) is 0 Å². The molecule has 22 nitrogen and oxygen atoms in total. The predicted octanol–water partition coefficient (Wildman–Crippen LogP) is -5.91. The topological polar surface area (TPSA) is 454 Å². The maximum Gasteiger partial charge on any atom is 2.00 e. The minimum Gasteiger partial charge on any atom is -0.412 e. The molecule has 0 spiro atoms. The van der Waals surface area contributed by atoms with E-state index in [1.807, 2.05) is 0 Å². The molecule has 0 aliphatic carbocycles. The third-order valence-electron chi connectivity index (χ3n) is 0. The Morgan fingerprint density at radius 2 is 0.375 bits per heavy atom. The molecule has 0 amide bonds. The maximum absolute atomic E-state index is 8.25. The van der Waals surface area contributed by atoms with E-state index < -0.39 is 20.3 Å². The van der Waals surface area contributed by atoms with E-state index in [-0.39, 0.29) is 66.7 Å². The van der Waals surface area contributed by atoms with Crippen LogP contribution in [0.3, 0.4) is 0 Å². The summed E-state index contributed by atoms with van der Waals surface area (Å²) in [6, 6.07) is 0. The molecule has 0 bridgehead atoms. The smallest absolute Gasteiger partial charge is 0.412 e. The van der Waals surface area contributed by atoms with Gasteiger partial charge in [-0.05, 0) is 0 Å². The number of rotatable bonds is 0. The van der Waals surface area contributed by atoms with Gasteiger partial charge in [0.2, 0.25) is 0 Å². The van der Waals surface area contributed by atoms with E-state index in [1.165, 1.54) is 0 Å². The van der Waals surface area contributed by atoms with Gasteiger partial charge in [-0.15, -0.1) is 0 Å². The zero-order valence-electron chi connectivity index (χ0n) is 10.3. The van der Waals surface area contributed by atoms with Gasteiger partial charge in [0, 0.05) is 0 Å². The molecule has 0 fully saturated rings. The molecule has 24 heteroatoms. The van der Waals surface area contributed by atoms with Crippen molar-refractivity contribution in [2.45, 2.75) is 0 Å². The van der Waals surface area contributed by atoms with Crippen LogP contribution in [-0.4, -0.2) is 53.2 Å². The normalized spacial score (nSPS) is 4.00. The molecule has 0 unspecified atom stereocenters. The van der Waals surface area contributed by atoms with E-state index in [4.69, 9.17) is 61.3 Å². The molecule has 0 aliphatic heterocycles. The molecule has 0 heterocycles. The Morgan fingerprint density at radius 3 is 0.375 bits per heavy atom. The van der Waals surface area contributed by atoms with Crippen molar-refractivity contribution in [3.05, 3.63) is 61.3 Å². The summed E-state index contributed by atoms with van der Waals surface area (Å²) in [5.41, 5.74) is 0. The second-order valence-corrected chi connectivity index (χ2v) is 0.894. The summed E-state index contributed by atoms with van der Waals surface area (Å²) >= 11 is 0. The first-order chi connectivity index (χ1) is 6.93. The van der Waals surface area contributed by atoms with Gasteiger partial charge >= 0.3 is 33.8 Å². The first kappa shape index (κ1) is 99.6. The number of hydrogen-bond acceptors (Lipinski definition) is 12. The predicted molar refractivity (Wildman–Crippen MR) is 63.1 cm³/mol. The molecule has 0 saturated heterocycles. The number of nitrogens with zero attached hydrogens (tertiary/aromatic N) is 4. The van der Waals surface area contributed by atoms with Crippen LogP contribution in [0.4, 0.5) is 0 Å². The minimum atomic E-state index is -1.75. The average Bonchev–Trinajstić information content (AvgIpc) is 1.76. The third-order valence-corrected chi connectivity index (χ3v) is 0. The molecule has 0 aromatic carbocycles. The Morgan fingerprint density at radius 1 is 0.375 bits per heavy atom. The van der Waals surface area contributed by atoms with Gasteiger partial charge in [-0.2, -0.15) is 0 Å². The summed E-state index contributed by atoms with van der Waals surface area (Å²) in [4.78, 5) is 33.0. The van der Waals surface area contributed by atoms with Gasteiger partial charge in [-0.1, -0.05) is 0 Å². The first-order valence-electron chi connectivity index (χ1n) is 2.19.